The zero-order valence-corrected chi connectivity index (χ0v) is 17.8. The first-order valence-electron chi connectivity index (χ1n) is 10.8. The van der Waals surface area contributed by atoms with Gasteiger partial charge in [0.25, 0.3) is 0 Å². The fourth-order valence-corrected chi connectivity index (χ4v) is 4.31. The van der Waals surface area contributed by atoms with Crippen molar-refractivity contribution < 1.29 is 4.79 Å². The van der Waals surface area contributed by atoms with Crippen molar-refractivity contribution in [3.8, 4) is 0 Å². The van der Waals surface area contributed by atoms with Crippen LogP contribution in [0.15, 0.2) is 18.2 Å². The lowest BCUT2D eigenvalue weighted by molar-refractivity contribution is -0.116. The van der Waals surface area contributed by atoms with Gasteiger partial charge in [0.2, 0.25) is 5.91 Å². The lowest BCUT2D eigenvalue weighted by atomic mass is 9.94. The average molecular weight is 416 g/mol. The molecule has 0 bridgehead atoms. The molecule has 1 saturated heterocycles. The number of hydrogen-bond donors (Lipinski definition) is 2. The molecule has 156 valence electrons. The Morgan fingerprint density at radius 1 is 1.24 bits per heavy atom. The molecular formula is C22H30ClN5O. The van der Waals surface area contributed by atoms with Crippen LogP contribution in [0, 0.1) is 12.8 Å². The molecule has 1 amide bonds. The third-order valence-electron chi connectivity index (χ3n) is 6.04. The highest BCUT2D eigenvalue weighted by Crippen LogP contribution is 2.37. The molecule has 1 saturated carbocycles. The van der Waals surface area contributed by atoms with Crippen molar-refractivity contribution in [3.63, 3.8) is 0 Å². The summed E-state index contributed by atoms with van der Waals surface area (Å²) in [5.74, 6) is 2.76. The smallest absolute Gasteiger partial charge is 0.224 e. The van der Waals surface area contributed by atoms with Crippen LogP contribution in [-0.4, -0.2) is 33.8 Å². The molecule has 1 aliphatic carbocycles. The van der Waals surface area contributed by atoms with Gasteiger partial charge >= 0.3 is 0 Å². The minimum atomic E-state index is -0.0180. The van der Waals surface area contributed by atoms with Gasteiger partial charge in [0.05, 0.1) is 0 Å². The van der Waals surface area contributed by atoms with Gasteiger partial charge in [-0.3, -0.25) is 4.79 Å². The lowest BCUT2D eigenvalue weighted by Gasteiger charge is -2.22. The van der Waals surface area contributed by atoms with E-state index < -0.39 is 0 Å². The number of aromatic nitrogens is 3. The molecule has 0 radical (unpaired) electrons. The van der Waals surface area contributed by atoms with Crippen molar-refractivity contribution in [2.75, 3.05) is 18.4 Å². The minimum absolute atomic E-state index is 0.0180. The molecule has 1 aliphatic heterocycles. The van der Waals surface area contributed by atoms with Crippen LogP contribution < -0.4 is 10.6 Å². The number of hydrogen-bond acceptors (Lipinski definition) is 4. The molecule has 2 aliphatic rings. The SMILES string of the molecule is Cc1c(Cl)cccc1NC(=O)CCc1nnc(CCC2CCCNC2)n1C1CC1. The largest absolute Gasteiger partial charge is 0.326 e. The van der Waals surface area contributed by atoms with Crippen molar-refractivity contribution in [3.05, 3.63) is 40.4 Å². The molecule has 1 aromatic heterocycles. The number of benzene rings is 1. The van der Waals surface area contributed by atoms with Crippen molar-refractivity contribution in [2.45, 2.75) is 64.3 Å². The summed E-state index contributed by atoms with van der Waals surface area (Å²) in [6.07, 6.45) is 8.10. The monoisotopic (exact) mass is 415 g/mol. The van der Waals surface area contributed by atoms with Gasteiger partial charge in [0, 0.05) is 36.0 Å². The highest BCUT2D eigenvalue weighted by molar-refractivity contribution is 6.31. The number of nitrogens with one attached hydrogen (secondary N) is 2. The molecule has 1 unspecified atom stereocenters. The van der Waals surface area contributed by atoms with E-state index in [0.29, 0.717) is 23.9 Å². The van der Waals surface area contributed by atoms with E-state index in [1.807, 2.05) is 25.1 Å². The van der Waals surface area contributed by atoms with E-state index in [2.05, 4.69) is 25.4 Å². The van der Waals surface area contributed by atoms with Gasteiger partial charge in [-0.1, -0.05) is 17.7 Å². The quantitative estimate of drug-likeness (QED) is 0.681. The first kappa shape index (κ1) is 20.4. The first-order valence-corrected chi connectivity index (χ1v) is 11.2. The highest BCUT2D eigenvalue weighted by Gasteiger charge is 2.29. The minimum Gasteiger partial charge on any atom is -0.326 e. The molecule has 2 aromatic rings. The lowest BCUT2D eigenvalue weighted by Crippen LogP contribution is -2.30. The number of amides is 1. The van der Waals surface area contributed by atoms with Gasteiger partial charge in [-0.05, 0) is 75.7 Å². The molecule has 6 nitrogen and oxygen atoms in total. The Hall–Kier alpha value is -1.92. The predicted octanol–water partition coefficient (Wildman–Crippen LogP) is 4.08. The maximum absolute atomic E-state index is 12.5. The van der Waals surface area contributed by atoms with E-state index in [4.69, 9.17) is 11.6 Å². The van der Waals surface area contributed by atoms with E-state index in [9.17, 15) is 4.79 Å². The fraction of sp³-hybridized carbons (Fsp3) is 0.591. The van der Waals surface area contributed by atoms with Crippen molar-refractivity contribution in [1.82, 2.24) is 20.1 Å². The number of anilines is 1. The summed E-state index contributed by atoms with van der Waals surface area (Å²) in [6, 6.07) is 6.08. The van der Waals surface area contributed by atoms with Gasteiger partial charge in [0.15, 0.2) is 0 Å². The Kier molecular flexibility index (Phi) is 6.50. The van der Waals surface area contributed by atoms with E-state index in [-0.39, 0.29) is 5.91 Å². The highest BCUT2D eigenvalue weighted by atomic mass is 35.5. The van der Waals surface area contributed by atoms with Gasteiger partial charge in [-0.2, -0.15) is 0 Å². The Morgan fingerprint density at radius 2 is 2.03 bits per heavy atom. The van der Waals surface area contributed by atoms with Crippen LogP contribution >= 0.6 is 11.6 Å². The summed E-state index contributed by atoms with van der Waals surface area (Å²) in [7, 11) is 0. The summed E-state index contributed by atoms with van der Waals surface area (Å²) >= 11 is 6.14. The van der Waals surface area contributed by atoms with Crippen LogP contribution in [-0.2, 0) is 17.6 Å². The Labute approximate surface area is 177 Å². The number of carbonyl (C=O) groups is 1. The van der Waals surface area contributed by atoms with Gasteiger partial charge < -0.3 is 15.2 Å². The number of piperidine rings is 1. The van der Waals surface area contributed by atoms with Crippen LogP contribution in [0.5, 0.6) is 0 Å². The summed E-state index contributed by atoms with van der Waals surface area (Å²) in [5, 5.41) is 16.1. The molecule has 1 aromatic carbocycles. The van der Waals surface area contributed by atoms with Crippen LogP contribution in [0.1, 0.15) is 61.8 Å². The van der Waals surface area contributed by atoms with Crippen LogP contribution in [0.4, 0.5) is 5.69 Å². The summed E-state index contributed by atoms with van der Waals surface area (Å²) in [5.41, 5.74) is 1.66. The molecule has 2 heterocycles. The van der Waals surface area contributed by atoms with E-state index in [1.165, 1.54) is 25.7 Å². The molecule has 4 rings (SSSR count). The normalized spacial score (nSPS) is 19.3. The number of rotatable bonds is 8. The van der Waals surface area contributed by atoms with E-state index >= 15 is 0 Å². The first-order chi connectivity index (χ1) is 14.1. The van der Waals surface area contributed by atoms with Crippen molar-refractivity contribution in [2.24, 2.45) is 5.92 Å². The predicted molar refractivity (Wildman–Crippen MR) is 115 cm³/mol. The fourth-order valence-electron chi connectivity index (χ4n) is 4.14. The van der Waals surface area contributed by atoms with E-state index in [1.54, 1.807) is 0 Å². The molecular weight excluding hydrogens is 386 g/mol. The van der Waals surface area contributed by atoms with Gasteiger partial charge in [-0.25, -0.2) is 0 Å². The van der Waals surface area contributed by atoms with E-state index in [0.717, 1.165) is 54.7 Å². The Morgan fingerprint density at radius 3 is 2.76 bits per heavy atom. The number of carbonyl (C=O) groups excluding carboxylic acids is 1. The third kappa shape index (κ3) is 5.17. The molecule has 7 heteroatoms. The van der Waals surface area contributed by atoms with Crippen LogP contribution in [0.3, 0.4) is 0 Å². The molecule has 29 heavy (non-hydrogen) atoms. The van der Waals surface area contributed by atoms with Crippen LogP contribution in [0.25, 0.3) is 0 Å². The van der Waals surface area contributed by atoms with Crippen molar-refractivity contribution in [1.29, 1.82) is 0 Å². The average Bonchev–Trinajstić information content (AvgIpc) is 3.49. The van der Waals surface area contributed by atoms with Crippen molar-refractivity contribution >= 4 is 23.2 Å². The van der Waals surface area contributed by atoms with Gasteiger partial charge in [0.1, 0.15) is 11.6 Å². The third-order valence-corrected chi connectivity index (χ3v) is 6.45. The molecule has 1 atom stereocenters. The van der Waals surface area contributed by atoms with Crippen LogP contribution in [0.2, 0.25) is 5.02 Å². The molecule has 2 fully saturated rings. The summed E-state index contributed by atoms with van der Waals surface area (Å²) < 4.78 is 2.31. The summed E-state index contributed by atoms with van der Waals surface area (Å²) in [4.78, 5) is 12.5. The maximum Gasteiger partial charge on any atom is 0.224 e. The number of aryl methyl sites for hydroxylation is 2. The second-order valence-electron chi connectivity index (χ2n) is 8.35. The standard InChI is InChI=1S/C22H30ClN5O/c1-15-18(23)5-2-6-19(15)25-22(29)12-11-21-27-26-20(28(21)17-8-9-17)10-7-16-4-3-13-24-14-16/h2,5-6,16-17,24H,3-4,7-14H2,1H3,(H,25,29). The Bertz CT molecular complexity index is 855. The molecule has 0 spiro atoms. The topological polar surface area (TPSA) is 71.8 Å². The second kappa shape index (κ2) is 9.26. The zero-order chi connectivity index (χ0) is 20.2. The maximum atomic E-state index is 12.5. The number of nitrogens with zero attached hydrogens (tertiary/aromatic N) is 3. The number of halogens is 1. The Balaban J connectivity index is 1.35. The second-order valence-corrected chi connectivity index (χ2v) is 8.75. The molecule has 2 N–H and O–H groups in total. The van der Waals surface area contributed by atoms with Gasteiger partial charge in [-0.15, -0.1) is 10.2 Å². The zero-order valence-electron chi connectivity index (χ0n) is 17.1. The summed E-state index contributed by atoms with van der Waals surface area (Å²) in [6.45, 7) is 4.18.